The average molecular weight is 334 g/mol. The predicted octanol–water partition coefficient (Wildman–Crippen LogP) is 2.23. The molecule has 2 amide bonds. The van der Waals surface area contributed by atoms with Gasteiger partial charge in [0.1, 0.15) is 5.76 Å². The maximum atomic E-state index is 12.5. The van der Waals surface area contributed by atoms with Crippen molar-refractivity contribution < 1.29 is 14.1 Å². The molecule has 23 heavy (non-hydrogen) atoms. The molecule has 0 atom stereocenters. The van der Waals surface area contributed by atoms with Crippen LogP contribution < -0.4 is 0 Å². The van der Waals surface area contributed by atoms with Crippen molar-refractivity contribution in [3.8, 4) is 0 Å². The van der Waals surface area contributed by atoms with Crippen LogP contribution in [0.15, 0.2) is 34.9 Å². The van der Waals surface area contributed by atoms with Gasteiger partial charge in [0.2, 0.25) is 0 Å². The smallest absolute Gasteiger partial charge is 0.276 e. The third kappa shape index (κ3) is 3.22. The van der Waals surface area contributed by atoms with Gasteiger partial charge in [0.15, 0.2) is 5.69 Å². The third-order valence-electron chi connectivity index (χ3n) is 3.81. The second kappa shape index (κ2) is 6.42. The highest BCUT2D eigenvalue weighted by Crippen LogP contribution is 2.18. The summed E-state index contributed by atoms with van der Waals surface area (Å²) in [5, 5.41) is 4.18. The lowest BCUT2D eigenvalue weighted by Crippen LogP contribution is -2.50. The summed E-state index contributed by atoms with van der Waals surface area (Å²) in [6, 6.07) is 8.59. The Hall–Kier alpha value is -2.34. The van der Waals surface area contributed by atoms with Gasteiger partial charge in [-0.2, -0.15) is 0 Å². The van der Waals surface area contributed by atoms with Crippen molar-refractivity contribution in [2.24, 2.45) is 0 Å². The van der Waals surface area contributed by atoms with Gasteiger partial charge in [-0.1, -0.05) is 28.9 Å². The van der Waals surface area contributed by atoms with E-state index in [1.807, 2.05) is 0 Å². The number of aromatic nitrogens is 1. The Morgan fingerprint density at radius 3 is 2.26 bits per heavy atom. The molecule has 0 spiro atoms. The van der Waals surface area contributed by atoms with E-state index >= 15 is 0 Å². The van der Waals surface area contributed by atoms with Crippen molar-refractivity contribution in [1.82, 2.24) is 15.0 Å². The molecule has 6 nitrogen and oxygen atoms in total. The second-order valence-electron chi connectivity index (χ2n) is 5.39. The molecule has 120 valence electrons. The number of carbonyl (C=O) groups excluding carboxylic acids is 2. The number of amides is 2. The molecule has 1 saturated heterocycles. The minimum absolute atomic E-state index is 0.111. The van der Waals surface area contributed by atoms with Gasteiger partial charge in [0, 0.05) is 32.2 Å². The number of hydrogen-bond donors (Lipinski definition) is 0. The number of nitrogens with zero attached hydrogens (tertiary/aromatic N) is 3. The predicted molar refractivity (Wildman–Crippen MR) is 84.5 cm³/mol. The largest absolute Gasteiger partial charge is 0.361 e. The van der Waals surface area contributed by atoms with Gasteiger partial charge in [0.05, 0.1) is 10.6 Å². The van der Waals surface area contributed by atoms with Crippen molar-refractivity contribution in [2.75, 3.05) is 26.2 Å². The van der Waals surface area contributed by atoms with E-state index in [-0.39, 0.29) is 11.8 Å². The Morgan fingerprint density at radius 1 is 1.09 bits per heavy atom. The first-order valence-electron chi connectivity index (χ1n) is 7.32. The van der Waals surface area contributed by atoms with E-state index in [1.165, 1.54) is 0 Å². The summed E-state index contributed by atoms with van der Waals surface area (Å²) in [6.45, 7) is 3.59. The minimum atomic E-state index is -0.174. The number of hydrogen-bond acceptors (Lipinski definition) is 4. The molecule has 1 aliphatic heterocycles. The van der Waals surface area contributed by atoms with Crippen LogP contribution >= 0.6 is 11.6 Å². The number of aryl methyl sites for hydroxylation is 1. The SMILES string of the molecule is Cc1cc(C(=O)N2CCN(C(=O)c3ccccc3Cl)CC2)no1. The Balaban J connectivity index is 1.63. The zero-order chi connectivity index (χ0) is 16.4. The minimum Gasteiger partial charge on any atom is -0.361 e. The summed E-state index contributed by atoms with van der Waals surface area (Å²) in [5.74, 6) is 0.313. The fourth-order valence-corrected chi connectivity index (χ4v) is 2.76. The lowest BCUT2D eigenvalue weighted by Gasteiger charge is -2.34. The first kappa shape index (κ1) is 15.6. The van der Waals surface area contributed by atoms with Crippen molar-refractivity contribution in [3.63, 3.8) is 0 Å². The Kier molecular flexibility index (Phi) is 4.34. The van der Waals surface area contributed by atoms with E-state index in [0.29, 0.717) is 48.2 Å². The van der Waals surface area contributed by atoms with Gasteiger partial charge in [0.25, 0.3) is 11.8 Å². The average Bonchev–Trinajstić information content (AvgIpc) is 3.01. The molecular formula is C16H16ClN3O3. The van der Waals surface area contributed by atoms with Crippen LogP contribution in [-0.2, 0) is 0 Å². The fourth-order valence-electron chi connectivity index (χ4n) is 2.55. The Labute approximate surface area is 138 Å². The molecule has 0 radical (unpaired) electrons. The van der Waals surface area contributed by atoms with E-state index in [4.69, 9.17) is 16.1 Å². The summed E-state index contributed by atoms with van der Waals surface area (Å²) >= 11 is 6.07. The van der Waals surface area contributed by atoms with Crippen LogP contribution in [0.2, 0.25) is 5.02 Å². The highest BCUT2D eigenvalue weighted by Gasteiger charge is 2.27. The normalized spacial score (nSPS) is 14.9. The molecule has 1 fully saturated rings. The molecule has 7 heteroatoms. The van der Waals surface area contributed by atoms with Gasteiger partial charge >= 0.3 is 0 Å². The Morgan fingerprint density at radius 2 is 1.70 bits per heavy atom. The highest BCUT2D eigenvalue weighted by atomic mass is 35.5. The monoisotopic (exact) mass is 333 g/mol. The number of piperazine rings is 1. The summed E-state index contributed by atoms with van der Waals surface area (Å²) in [7, 11) is 0. The van der Waals surface area contributed by atoms with E-state index in [2.05, 4.69) is 5.16 Å². The van der Waals surface area contributed by atoms with Crippen LogP contribution in [0.4, 0.5) is 0 Å². The highest BCUT2D eigenvalue weighted by molar-refractivity contribution is 6.33. The summed E-state index contributed by atoms with van der Waals surface area (Å²) in [6.07, 6.45) is 0. The third-order valence-corrected chi connectivity index (χ3v) is 4.14. The Bertz CT molecular complexity index is 736. The molecule has 2 heterocycles. The van der Waals surface area contributed by atoms with Crippen LogP contribution in [0.5, 0.6) is 0 Å². The van der Waals surface area contributed by atoms with Crippen LogP contribution in [-0.4, -0.2) is 52.9 Å². The maximum absolute atomic E-state index is 12.5. The van der Waals surface area contributed by atoms with Gasteiger partial charge in [-0.25, -0.2) is 0 Å². The van der Waals surface area contributed by atoms with Crippen molar-refractivity contribution >= 4 is 23.4 Å². The van der Waals surface area contributed by atoms with E-state index < -0.39 is 0 Å². The first-order valence-corrected chi connectivity index (χ1v) is 7.70. The van der Waals surface area contributed by atoms with Crippen molar-refractivity contribution in [1.29, 1.82) is 0 Å². The first-order chi connectivity index (χ1) is 11.1. The van der Waals surface area contributed by atoms with Gasteiger partial charge in [-0.15, -0.1) is 0 Å². The van der Waals surface area contributed by atoms with Crippen LogP contribution in [0.25, 0.3) is 0 Å². The number of halogens is 1. The molecule has 1 aliphatic rings. The van der Waals surface area contributed by atoms with Crippen LogP contribution in [0.3, 0.4) is 0 Å². The molecule has 3 rings (SSSR count). The van der Waals surface area contributed by atoms with Gasteiger partial charge < -0.3 is 14.3 Å². The van der Waals surface area contributed by atoms with E-state index in [9.17, 15) is 9.59 Å². The zero-order valence-electron chi connectivity index (χ0n) is 12.7. The summed E-state index contributed by atoms with van der Waals surface area (Å²) in [5.41, 5.74) is 0.787. The molecule has 0 unspecified atom stereocenters. The van der Waals surface area contributed by atoms with Crippen LogP contribution in [0.1, 0.15) is 26.6 Å². The van der Waals surface area contributed by atoms with Crippen molar-refractivity contribution in [2.45, 2.75) is 6.92 Å². The molecule has 2 aromatic rings. The molecule has 0 saturated carbocycles. The standard InChI is InChI=1S/C16H16ClN3O3/c1-11-10-14(18-23-11)16(22)20-8-6-19(7-9-20)15(21)12-4-2-3-5-13(12)17/h2-5,10H,6-9H2,1H3. The summed E-state index contributed by atoms with van der Waals surface area (Å²) < 4.78 is 4.93. The second-order valence-corrected chi connectivity index (χ2v) is 5.79. The molecule has 0 aliphatic carbocycles. The lowest BCUT2D eigenvalue weighted by molar-refractivity contribution is 0.0530. The molecule has 1 aromatic heterocycles. The van der Waals surface area contributed by atoms with Crippen molar-refractivity contribution in [3.05, 3.63) is 52.4 Å². The lowest BCUT2D eigenvalue weighted by atomic mass is 10.1. The molecule has 0 N–H and O–H groups in total. The maximum Gasteiger partial charge on any atom is 0.276 e. The molecule has 1 aromatic carbocycles. The number of rotatable bonds is 2. The quantitative estimate of drug-likeness (QED) is 0.845. The fraction of sp³-hybridized carbons (Fsp3) is 0.312. The zero-order valence-corrected chi connectivity index (χ0v) is 13.4. The summed E-state index contributed by atoms with van der Waals surface area (Å²) in [4.78, 5) is 28.2. The number of benzene rings is 1. The topological polar surface area (TPSA) is 66.7 Å². The number of carbonyl (C=O) groups is 2. The van der Waals surface area contributed by atoms with E-state index in [1.54, 1.807) is 47.1 Å². The molecular weight excluding hydrogens is 318 g/mol. The van der Waals surface area contributed by atoms with Crippen LogP contribution in [0, 0.1) is 6.92 Å². The van der Waals surface area contributed by atoms with Gasteiger partial charge in [-0.05, 0) is 19.1 Å². The van der Waals surface area contributed by atoms with Gasteiger partial charge in [-0.3, -0.25) is 9.59 Å². The molecule has 0 bridgehead atoms. The van der Waals surface area contributed by atoms with E-state index in [0.717, 1.165) is 0 Å².